The van der Waals surface area contributed by atoms with Crippen molar-refractivity contribution in [3.05, 3.63) is 64.7 Å². The molecule has 1 aliphatic heterocycles. The number of aryl methyl sites for hydroxylation is 2. The van der Waals surface area contributed by atoms with Crippen LogP contribution >= 0.6 is 0 Å². The first-order chi connectivity index (χ1) is 18.9. The maximum absolute atomic E-state index is 15.3. The van der Waals surface area contributed by atoms with Gasteiger partial charge >= 0.3 is 12.4 Å². The Balaban J connectivity index is 1.74. The largest absolute Gasteiger partial charge is 0.416 e. The summed E-state index contributed by atoms with van der Waals surface area (Å²) in [5.74, 6) is -4.31. The molecular formula is C26H26F7N3O4S. The van der Waals surface area contributed by atoms with Crippen LogP contribution in [0, 0.1) is 5.82 Å². The van der Waals surface area contributed by atoms with E-state index >= 15 is 4.39 Å². The molecule has 2 heterocycles. The minimum absolute atomic E-state index is 0.0164. The van der Waals surface area contributed by atoms with E-state index in [4.69, 9.17) is 0 Å². The highest BCUT2D eigenvalue weighted by molar-refractivity contribution is 7.91. The number of nitrogens with one attached hydrogen (secondary N) is 2. The lowest BCUT2D eigenvalue weighted by atomic mass is 9.76. The predicted molar refractivity (Wildman–Crippen MR) is 133 cm³/mol. The van der Waals surface area contributed by atoms with Gasteiger partial charge in [0.05, 0.1) is 5.25 Å². The Morgan fingerprint density at radius 1 is 1.12 bits per heavy atom. The molecular weight excluding hydrogens is 583 g/mol. The number of hydrogen-bond acceptors (Lipinski definition) is 4. The van der Waals surface area contributed by atoms with Crippen LogP contribution in [0.1, 0.15) is 55.2 Å². The number of amides is 2. The van der Waals surface area contributed by atoms with Crippen molar-refractivity contribution in [1.82, 2.24) is 14.6 Å². The topological polar surface area (TPSA) is 97.3 Å². The number of sulfonamides is 1. The van der Waals surface area contributed by atoms with Crippen molar-refractivity contribution in [2.24, 2.45) is 7.05 Å². The van der Waals surface area contributed by atoms with Gasteiger partial charge in [0.15, 0.2) is 5.54 Å². The molecule has 224 valence electrons. The molecule has 0 spiro atoms. The summed E-state index contributed by atoms with van der Waals surface area (Å²) < 4.78 is 125. The SMILES string of the molecule is Cn1ccc(C2=C(C(=O)NS(=O)(=O)C3CC3)C(=O)N[C@@](c3ccc(CCCCC(F)(F)F)cc3F)(C(F)(F)F)C2)c1. The Labute approximate surface area is 230 Å². The van der Waals surface area contributed by atoms with Gasteiger partial charge in [-0.25, -0.2) is 17.5 Å². The van der Waals surface area contributed by atoms with Crippen molar-refractivity contribution >= 4 is 27.4 Å². The lowest BCUT2D eigenvalue weighted by molar-refractivity contribution is -0.202. The molecule has 1 saturated carbocycles. The van der Waals surface area contributed by atoms with Gasteiger partial charge in [-0.2, -0.15) is 26.3 Å². The average molecular weight is 610 g/mol. The minimum atomic E-state index is -5.29. The van der Waals surface area contributed by atoms with Crippen molar-refractivity contribution in [3.63, 3.8) is 0 Å². The molecule has 1 aromatic carbocycles. The summed E-state index contributed by atoms with van der Waals surface area (Å²) in [4.78, 5) is 26.2. The smallest absolute Gasteiger partial charge is 0.357 e. The first-order valence-electron chi connectivity index (χ1n) is 12.6. The maximum Gasteiger partial charge on any atom is 0.416 e. The standard InChI is InChI=1S/C26H26F7N3O4S/c1-36-11-9-16(14-36)18-13-24(26(31,32)33,34-22(37)21(18)23(38)35-41(39,40)17-6-7-17)19-8-5-15(12-20(19)27)4-2-3-10-25(28,29)30/h5,8-9,11-12,14,17H,2-4,6-7,10,13H2,1H3,(H,34,37)(H,35,38)/t24-/m0/s1. The van der Waals surface area contributed by atoms with Gasteiger partial charge < -0.3 is 9.88 Å². The number of alkyl halides is 6. The van der Waals surface area contributed by atoms with E-state index in [9.17, 15) is 44.3 Å². The second-order valence-corrected chi connectivity index (χ2v) is 12.2. The fraction of sp³-hybridized carbons (Fsp3) is 0.462. The molecule has 0 bridgehead atoms. The first kappa shape index (κ1) is 30.6. The molecule has 1 aromatic heterocycles. The van der Waals surface area contributed by atoms with E-state index in [1.807, 2.05) is 0 Å². The molecule has 7 nitrogen and oxygen atoms in total. The van der Waals surface area contributed by atoms with Crippen LogP contribution in [0.4, 0.5) is 30.7 Å². The third-order valence-electron chi connectivity index (χ3n) is 7.06. The predicted octanol–water partition coefficient (Wildman–Crippen LogP) is 4.78. The van der Waals surface area contributed by atoms with Crippen LogP contribution in [-0.2, 0) is 38.6 Å². The van der Waals surface area contributed by atoms with Crippen LogP contribution in [0.25, 0.3) is 5.57 Å². The van der Waals surface area contributed by atoms with Gasteiger partial charge in [0.25, 0.3) is 11.8 Å². The lowest BCUT2D eigenvalue weighted by Gasteiger charge is -2.41. The third-order valence-corrected chi connectivity index (χ3v) is 8.88. The highest BCUT2D eigenvalue weighted by Gasteiger charge is 2.61. The lowest BCUT2D eigenvalue weighted by Crippen LogP contribution is -2.60. The van der Waals surface area contributed by atoms with Gasteiger partial charge in [-0.3, -0.25) is 9.59 Å². The number of rotatable bonds is 9. The molecule has 15 heteroatoms. The van der Waals surface area contributed by atoms with E-state index < -0.39 is 80.3 Å². The molecule has 1 fully saturated rings. The highest BCUT2D eigenvalue weighted by Crippen LogP contribution is 2.49. The number of hydrogen-bond donors (Lipinski definition) is 2. The van der Waals surface area contributed by atoms with Gasteiger partial charge in [-0.05, 0) is 60.9 Å². The van der Waals surface area contributed by atoms with Gasteiger partial charge in [-0.15, -0.1) is 0 Å². The van der Waals surface area contributed by atoms with Gasteiger partial charge in [0.1, 0.15) is 11.4 Å². The number of benzene rings is 1. The molecule has 0 radical (unpaired) electrons. The molecule has 2 aromatic rings. The second-order valence-electron chi connectivity index (χ2n) is 10.3. The van der Waals surface area contributed by atoms with E-state index in [2.05, 4.69) is 0 Å². The monoisotopic (exact) mass is 609 g/mol. The maximum atomic E-state index is 15.3. The quantitative estimate of drug-likeness (QED) is 0.243. The number of nitrogens with zero attached hydrogens (tertiary/aromatic N) is 1. The Bertz CT molecular complexity index is 1490. The summed E-state index contributed by atoms with van der Waals surface area (Å²) in [5.41, 5.74) is -5.40. The summed E-state index contributed by atoms with van der Waals surface area (Å²) in [5, 5.41) is 0.882. The number of aromatic nitrogens is 1. The molecule has 0 unspecified atom stereocenters. The minimum Gasteiger partial charge on any atom is -0.357 e. The Kier molecular flexibility index (Phi) is 8.06. The van der Waals surface area contributed by atoms with Gasteiger partial charge in [0, 0.05) is 37.8 Å². The van der Waals surface area contributed by atoms with E-state index in [0.29, 0.717) is 0 Å². The molecule has 2 N–H and O–H groups in total. The van der Waals surface area contributed by atoms with Crippen LogP contribution in [0.2, 0.25) is 0 Å². The summed E-state index contributed by atoms with van der Waals surface area (Å²) in [6.07, 6.45) is -8.76. The van der Waals surface area contributed by atoms with Crippen LogP contribution in [0.15, 0.2) is 42.2 Å². The van der Waals surface area contributed by atoms with Gasteiger partial charge in [0.2, 0.25) is 10.0 Å². The second kappa shape index (κ2) is 10.8. The molecule has 1 aliphatic carbocycles. The van der Waals surface area contributed by atoms with Crippen molar-refractivity contribution in [1.29, 1.82) is 0 Å². The van der Waals surface area contributed by atoms with Crippen LogP contribution in [0.3, 0.4) is 0 Å². The van der Waals surface area contributed by atoms with Crippen molar-refractivity contribution < 1.29 is 48.7 Å². The highest BCUT2D eigenvalue weighted by atomic mass is 32.2. The Morgan fingerprint density at radius 3 is 2.34 bits per heavy atom. The van der Waals surface area contributed by atoms with E-state index in [0.717, 1.165) is 18.2 Å². The molecule has 0 saturated heterocycles. The van der Waals surface area contributed by atoms with Crippen molar-refractivity contribution in [2.45, 2.75) is 68.1 Å². The molecule has 2 amide bonds. The molecule has 1 atom stereocenters. The van der Waals surface area contributed by atoms with Gasteiger partial charge in [-0.1, -0.05) is 12.1 Å². The number of carbonyl (C=O) groups excluding carboxylic acids is 2. The normalized spacial score (nSPS) is 20.2. The first-order valence-corrected chi connectivity index (χ1v) is 14.1. The van der Waals surface area contributed by atoms with Crippen molar-refractivity contribution in [2.75, 3.05) is 0 Å². The zero-order chi connectivity index (χ0) is 30.4. The van der Waals surface area contributed by atoms with E-state index in [1.54, 1.807) is 10.0 Å². The molecule has 4 rings (SSSR count). The number of halogens is 7. The number of unbranched alkanes of at least 4 members (excludes halogenated alkanes) is 1. The fourth-order valence-electron chi connectivity index (χ4n) is 4.80. The Hall–Kier alpha value is -3.36. The Morgan fingerprint density at radius 2 is 1.80 bits per heavy atom. The van der Waals surface area contributed by atoms with Crippen LogP contribution < -0.4 is 10.0 Å². The van der Waals surface area contributed by atoms with Crippen molar-refractivity contribution in [3.8, 4) is 0 Å². The molecule has 41 heavy (non-hydrogen) atoms. The summed E-state index contributed by atoms with van der Waals surface area (Å²) in [7, 11) is -2.63. The summed E-state index contributed by atoms with van der Waals surface area (Å²) in [6, 6.07) is 4.06. The van der Waals surface area contributed by atoms with Crippen LogP contribution in [0.5, 0.6) is 0 Å². The zero-order valence-corrected chi connectivity index (χ0v) is 22.4. The summed E-state index contributed by atoms with van der Waals surface area (Å²) in [6.45, 7) is 0. The van der Waals surface area contributed by atoms with Crippen LogP contribution in [-0.4, -0.2) is 42.4 Å². The number of carbonyl (C=O) groups is 2. The zero-order valence-electron chi connectivity index (χ0n) is 21.6. The summed E-state index contributed by atoms with van der Waals surface area (Å²) >= 11 is 0. The van der Waals surface area contributed by atoms with E-state index in [-0.39, 0.29) is 43.2 Å². The van der Waals surface area contributed by atoms with E-state index in [1.165, 1.54) is 30.1 Å². The fourth-order valence-corrected chi connectivity index (χ4v) is 6.09. The average Bonchev–Trinajstić information content (AvgIpc) is 3.61. The third kappa shape index (κ3) is 6.60. The molecule has 2 aliphatic rings.